The molecule has 0 unspecified atom stereocenters. The summed E-state index contributed by atoms with van der Waals surface area (Å²) in [6.45, 7) is 0.400. The second-order valence-corrected chi connectivity index (χ2v) is 3.40. The van der Waals surface area contributed by atoms with Crippen molar-refractivity contribution >= 4 is 23.8 Å². The maximum Gasteiger partial charge on any atom is 0.404 e. The van der Waals surface area contributed by atoms with Crippen LogP contribution in [0.3, 0.4) is 0 Å². The number of esters is 1. The minimum atomic E-state index is -0.796. The Morgan fingerprint density at radius 1 is 1.20 bits per heavy atom. The number of hydrogen-bond donors (Lipinski definition) is 0. The van der Waals surface area contributed by atoms with Gasteiger partial charge in [0.25, 0.3) is 0 Å². The molecular formula is C11H7NO3. The first-order valence-electron chi connectivity index (χ1n) is 4.60. The topological polar surface area (TPSA) is 46.6 Å². The first-order valence-corrected chi connectivity index (χ1v) is 4.60. The van der Waals surface area contributed by atoms with E-state index in [9.17, 15) is 9.59 Å². The minimum Gasteiger partial charge on any atom is -0.401 e. The fourth-order valence-electron chi connectivity index (χ4n) is 1.81. The van der Waals surface area contributed by atoms with Gasteiger partial charge in [-0.15, -0.1) is 0 Å². The van der Waals surface area contributed by atoms with Gasteiger partial charge in [0.15, 0.2) is 0 Å². The third kappa shape index (κ3) is 1.01. The van der Waals surface area contributed by atoms with Crippen LogP contribution in [0.5, 0.6) is 0 Å². The number of ether oxygens (including phenoxy) is 1. The van der Waals surface area contributed by atoms with Gasteiger partial charge >= 0.3 is 11.9 Å². The standard InChI is InChI=1S/C11H7NO3/c13-9-11(14)15-10-8-4-2-1-3-7(8)5-6-12(9)10/h1-5H,6H2. The van der Waals surface area contributed by atoms with Crippen molar-refractivity contribution in [1.29, 1.82) is 0 Å². The third-order valence-corrected chi connectivity index (χ3v) is 2.54. The van der Waals surface area contributed by atoms with Crippen LogP contribution < -0.4 is 10.4 Å². The molecule has 0 aromatic heterocycles. The molecule has 0 bridgehead atoms. The van der Waals surface area contributed by atoms with Gasteiger partial charge in [-0.3, -0.25) is 9.69 Å². The van der Waals surface area contributed by atoms with E-state index in [4.69, 9.17) is 4.74 Å². The molecule has 74 valence electrons. The van der Waals surface area contributed by atoms with E-state index in [-0.39, 0.29) is 0 Å². The lowest BCUT2D eigenvalue weighted by Crippen LogP contribution is -2.39. The summed E-state index contributed by atoms with van der Waals surface area (Å²) in [4.78, 5) is 23.8. The maximum atomic E-state index is 11.4. The molecule has 0 atom stereocenters. The first kappa shape index (κ1) is 8.23. The van der Waals surface area contributed by atoms with Crippen molar-refractivity contribution in [2.75, 3.05) is 6.54 Å². The Morgan fingerprint density at radius 3 is 2.87 bits per heavy atom. The molecule has 2 heterocycles. The second-order valence-electron chi connectivity index (χ2n) is 3.40. The fourth-order valence-corrected chi connectivity index (χ4v) is 1.81. The Bertz CT molecular complexity index is 588. The molecule has 3 rings (SSSR count). The Hall–Kier alpha value is -2.10. The van der Waals surface area contributed by atoms with Gasteiger partial charge in [-0.2, -0.15) is 0 Å². The van der Waals surface area contributed by atoms with Crippen molar-refractivity contribution in [3.63, 3.8) is 0 Å². The van der Waals surface area contributed by atoms with Gasteiger partial charge in [0.05, 0.1) is 0 Å². The Morgan fingerprint density at radius 2 is 2.00 bits per heavy atom. The largest absolute Gasteiger partial charge is 0.404 e. The summed E-state index contributed by atoms with van der Waals surface area (Å²) in [5.41, 5.74) is 0. The smallest absolute Gasteiger partial charge is 0.401 e. The highest BCUT2D eigenvalue weighted by Crippen LogP contribution is 2.16. The normalized spacial score (nSPS) is 18.1. The molecule has 1 amide bonds. The number of amides is 1. The van der Waals surface area contributed by atoms with Crippen molar-refractivity contribution in [1.82, 2.24) is 4.90 Å². The summed E-state index contributed by atoms with van der Waals surface area (Å²) < 4.78 is 4.94. The summed E-state index contributed by atoms with van der Waals surface area (Å²) >= 11 is 0. The Balaban J connectivity index is 2.36. The molecule has 4 heteroatoms. The second kappa shape index (κ2) is 2.70. The number of nitrogens with zero attached hydrogens (tertiary/aromatic N) is 1. The van der Waals surface area contributed by atoms with Crippen LogP contribution in [0, 0.1) is 0 Å². The Labute approximate surface area is 85.1 Å². The van der Waals surface area contributed by atoms with Gasteiger partial charge in [-0.25, -0.2) is 4.79 Å². The highest BCUT2D eigenvalue weighted by Gasteiger charge is 2.37. The van der Waals surface area contributed by atoms with Gasteiger partial charge in [0.1, 0.15) is 0 Å². The van der Waals surface area contributed by atoms with Crippen LogP contribution in [0.2, 0.25) is 0 Å². The number of fused-ring (bicyclic) bond motifs is 2. The fraction of sp³-hybridized carbons (Fsp3) is 0.0909. The number of rotatable bonds is 0. The Kier molecular flexibility index (Phi) is 1.48. The zero-order valence-corrected chi connectivity index (χ0v) is 7.77. The minimum absolute atomic E-state index is 0.364. The van der Waals surface area contributed by atoms with Crippen LogP contribution in [0.4, 0.5) is 0 Å². The molecule has 1 aromatic rings. The predicted octanol–water partition coefficient (Wildman–Crippen LogP) is -1.07. The van der Waals surface area contributed by atoms with E-state index in [2.05, 4.69) is 0 Å². The van der Waals surface area contributed by atoms with Gasteiger partial charge < -0.3 is 4.74 Å². The lowest BCUT2D eigenvalue weighted by Gasteiger charge is -2.15. The molecule has 0 radical (unpaired) electrons. The average Bonchev–Trinajstić information content (AvgIpc) is 2.56. The van der Waals surface area contributed by atoms with Crippen molar-refractivity contribution in [2.24, 2.45) is 0 Å². The first-order chi connectivity index (χ1) is 7.27. The SMILES string of the molecule is O=C1OC2=c3ccccc3=CCN2C1=O. The molecule has 0 saturated carbocycles. The molecule has 1 fully saturated rings. The van der Waals surface area contributed by atoms with E-state index in [1.54, 1.807) is 0 Å². The van der Waals surface area contributed by atoms with Gasteiger partial charge in [-0.05, 0) is 11.3 Å². The molecule has 15 heavy (non-hydrogen) atoms. The van der Waals surface area contributed by atoms with E-state index in [0.717, 1.165) is 10.4 Å². The van der Waals surface area contributed by atoms with Crippen LogP contribution in [0.1, 0.15) is 0 Å². The predicted molar refractivity (Wildman–Crippen MR) is 51.4 cm³/mol. The van der Waals surface area contributed by atoms with Crippen molar-refractivity contribution in [3.8, 4) is 0 Å². The van der Waals surface area contributed by atoms with Crippen molar-refractivity contribution < 1.29 is 14.3 Å². The summed E-state index contributed by atoms with van der Waals surface area (Å²) in [5.74, 6) is -1.02. The van der Waals surface area contributed by atoms with Crippen molar-refractivity contribution in [3.05, 3.63) is 34.7 Å². The van der Waals surface area contributed by atoms with Gasteiger partial charge in [-0.1, -0.05) is 24.3 Å². The van der Waals surface area contributed by atoms with E-state index in [0.29, 0.717) is 12.4 Å². The van der Waals surface area contributed by atoms with Crippen LogP contribution in [-0.4, -0.2) is 23.3 Å². The number of benzene rings is 1. The molecule has 4 nitrogen and oxygen atoms in total. The van der Waals surface area contributed by atoms with Gasteiger partial charge in [0.2, 0.25) is 5.88 Å². The number of hydrogen-bond acceptors (Lipinski definition) is 3. The molecule has 0 aliphatic carbocycles. The molecule has 1 aromatic carbocycles. The van der Waals surface area contributed by atoms with E-state index >= 15 is 0 Å². The molecule has 1 saturated heterocycles. The molecular weight excluding hydrogens is 194 g/mol. The quantitative estimate of drug-likeness (QED) is 0.397. The summed E-state index contributed by atoms with van der Waals surface area (Å²) in [6.07, 6.45) is 1.90. The van der Waals surface area contributed by atoms with Gasteiger partial charge in [0, 0.05) is 11.8 Å². The summed E-state index contributed by atoms with van der Waals surface area (Å²) in [5, 5.41) is 1.79. The van der Waals surface area contributed by atoms with E-state index in [1.165, 1.54) is 4.90 Å². The molecule has 0 N–H and O–H groups in total. The van der Waals surface area contributed by atoms with Crippen molar-refractivity contribution in [2.45, 2.75) is 0 Å². The highest BCUT2D eigenvalue weighted by atomic mass is 16.6. The lowest BCUT2D eigenvalue weighted by atomic mass is 10.2. The molecule has 2 aliphatic heterocycles. The third-order valence-electron chi connectivity index (χ3n) is 2.54. The zero-order chi connectivity index (χ0) is 10.4. The summed E-state index contributed by atoms with van der Waals surface area (Å²) in [7, 11) is 0. The summed E-state index contributed by atoms with van der Waals surface area (Å²) in [6, 6.07) is 7.51. The lowest BCUT2D eigenvalue weighted by molar-refractivity contribution is -0.147. The van der Waals surface area contributed by atoms with E-state index < -0.39 is 11.9 Å². The average molecular weight is 201 g/mol. The van der Waals surface area contributed by atoms with Crippen LogP contribution in [0.25, 0.3) is 12.0 Å². The van der Waals surface area contributed by atoms with Crippen LogP contribution >= 0.6 is 0 Å². The number of carbonyl (C=O) groups is 2. The zero-order valence-electron chi connectivity index (χ0n) is 7.77. The van der Waals surface area contributed by atoms with Crippen LogP contribution in [-0.2, 0) is 14.3 Å². The monoisotopic (exact) mass is 201 g/mol. The molecule has 0 spiro atoms. The van der Waals surface area contributed by atoms with E-state index in [1.807, 2.05) is 30.3 Å². The highest BCUT2D eigenvalue weighted by molar-refractivity contribution is 6.37. The van der Waals surface area contributed by atoms with Crippen LogP contribution in [0.15, 0.2) is 24.3 Å². The molecule has 2 aliphatic rings. The number of carbonyl (C=O) groups excluding carboxylic acids is 2. The maximum absolute atomic E-state index is 11.4.